The molecule has 0 spiro atoms. The Balaban J connectivity index is 1.39. The van der Waals surface area contributed by atoms with Crippen molar-refractivity contribution in [2.45, 2.75) is 39.4 Å². The normalized spacial score (nSPS) is 15.7. The largest absolute Gasteiger partial charge is 0.479 e. The Hall–Kier alpha value is -3.27. The van der Waals surface area contributed by atoms with Crippen LogP contribution in [0.25, 0.3) is 4.96 Å². The summed E-state index contributed by atoms with van der Waals surface area (Å²) >= 11 is 1.33. The third-order valence-corrected chi connectivity index (χ3v) is 5.69. The first-order valence-corrected chi connectivity index (χ1v) is 10.4. The number of benzene rings is 1. The standard InChI is InChI=1S/C20H20N4O5S/c1-3-16-22-24-17(25)10-13(21-20(24)30-16)11-28-18(26)8-9-23-14-6-4-5-7-15(14)29-12(2)19(23)27/h4-7,10,12H,3,8-9,11H2,1-2H3/t12-/m0/s1. The number of fused-ring (bicyclic) bond motifs is 2. The molecule has 2 aromatic heterocycles. The molecular weight excluding hydrogens is 408 g/mol. The van der Waals surface area contributed by atoms with Crippen LogP contribution in [0.3, 0.4) is 0 Å². The minimum atomic E-state index is -0.618. The van der Waals surface area contributed by atoms with Crippen molar-refractivity contribution in [1.29, 1.82) is 0 Å². The van der Waals surface area contributed by atoms with E-state index in [9.17, 15) is 14.4 Å². The average Bonchev–Trinajstić information content (AvgIpc) is 3.16. The van der Waals surface area contributed by atoms with Crippen molar-refractivity contribution in [1.82, 2.24) is 14.6 Å². The van der Waals surface area contributed by atoms with E-state index >= 15 is 0 Å². The number of aryl methyl sites for hydroxylation is 1. The van der Waals surface area contributed by atoms with E-state index < -0.39 is 12.1 Å². The zero-order chi connectivity index (χ0) is 21.3. The Morgan fingerprint density at radius 1 is 1.30 bits per heavy atom. The summed E-state index contributed by atoms with van der Waals surface area (Å²) in [7, 11) is 0. The number of carbonyl (C=O) groups excluding carboxylic acids is 2. The van der Waals surface area contributed by atoms with Gasteiger partial charge in [-0.2, -0.15) is 9.61 Å². The molecule has 0 radical (unpaired) electrons. The molecule has 0 aliphatic carbocycles. The molecular formula is C20H20N4O5S. The van der Waals surface area contributed by atoms with Crippen molar-refractivity contribution >= 4 is 33.9 Å². The van der Waals surface area contributed by atoms with E-state index in [2.05, 4.69) is 10.1 Å². The fourth-order valence-corrected chi connectivity index (χ4v) is 3.99. The van der Waals surface area contributed by atoms with Gasteiger partial charge in [0.1, 0.15) is 17.4 Å². The number of hydrogen-bond acceptors (Lipinski definition) is 8. The van der Waals surface area contributed by atoms with Gasteiger partial charge < -0.3 is 14.4 Å². The van der Waals surface area contributed by atoms with E-state index in [1.165, 1.54) is 26.8 Å². The van der Waals surface area contributed by atoms with Crippen LogP contribution in [0.2, 0.25) is 0 Å². The Bertz CT molecular complexity index is 1170. The van der Waals surface area contributed by atoms with Gasteiger partial charge >= 0.3 is 5.97 Å². The minimum Gasteiger partial charge on any atom is -0.479 e. The van der Waals surface area contributed by atoms with Crippen molar-refractivity contribution in [2.75, 3.05) is 11.4 Å². The number of ether oxygens (including phenoxy) is 2. The topological polar surface area (TPSA) is 103 Å². The van der Waals surface area contributed by atoms with Gasteiger partial charge in [-0.1, -0.05) is 30.4 Å². The average molecular weight is 428 g/mol. The lowest BCUT2D eigenvalue weighted by Gasteiger charge is -2.32. The minimum absolute atomic E-state index is 0.00849. The summed E-state index contributed by atoms with van der Waals surface area (Å²) in [6, 6.07) is 8.50. The highest BCUT2D eigenvalue weighted by molar-refractivity contribution is 7.16. The molecule has 10 heteroatoms. The van der Waals surface area contributed by atoms with Gasteiger partial charge in [-0.3, -0.25) is 14.4 Å². The van der Waals surface area contributed by atoms with E-state index in [1.807, 2.05) is 13.0 Å². The Morgan fingerprint density at radius 3 is 2.90 bits per heavy atom. The predicted molar refractivity (Wildman–Crippen MR) is 110 cm³/mol. The van der Waals surface area contributed by atoms with Gasteiger partial charge in [0, 0.05) is 12.6 Å². The molecule has 1 aromatic carbocycles. The summed E-state index contributed by atoms with van der Waals surface area (Å²) < 4.78 is 12.1. The van der Waals surface area contributed by atoms with Crippen molar-refractivity contribution in [3.05, 3.63) is 51.4 Å². The lowest BCUT2D eigenvalue weighted by atomic mass is 10.2. The molecule has 1 aliphatic rings. The molecule has 1 aliphatic heterocycles. The number of hydrogen-bond donors (Lipinski definition) is 0. The molecule has 1 amide bonds. The van der Waals surface area contributed by atoms with Crippen LogP contribution in [0.5, 0.6) is 5.75 Å². The van der Waals surface area contributed by atoms with Crippen LogP contribution in [0.1, 0.15) is 31.0 Å². The quantitative estimate of drug-likeness (QED) is 0.553. The molecule has 0 N–H and O–H groups in total. The zero-order valence-corrected chi connectivity index (χ0v) is 17.3. The Morgan fingerprint density at radius 2 is 2.10 bits per heavy atom. The first kappa shape index (κ1) is 20.0. The van der Waals surface area contributed by atoms with Crippen LogP contribution in [0, 0.1) is 0 Å². The van der Waals surface area contributed by atoms with E-state index in [0.717, 1.165) is 5.01 Å². The molecule has 4 rings (SSSR count). The highest BCUT2D eigenvalue weighted by Crippen LogP contribution is 2.33. The maximum Gasteiger partial charge on any atom is 0.307 e. The van der Waals surface area contributed by atoms with Crippen LogP contribution >= 0.6 is 11.3 Å². The fraction of sp³-hybridized carbons (Fsp3) is 0.350. The molecule has 0 unspecified atom stereocenters. The number of carbonyl (C=O) groups is 2. The van der Waals surface area contributed by atoms with Gasteiger partial charge in [-0.05, 0) is 25.5 Å². The maximum atomic E-state index is 12.5. The lowest BCUT2D eigenvalue weighted by molar-refractivity contribution is -0.144. The predicted octanol–water partition coefficient (Wildman–Crippen LogP) is 1.96. The van der Waals surface area contributed by atoms with Gasteiger partial charge in [0.05, 0.1) is 17.8 Å². The summed E-state index contributed by atoms with van der Waals surface area (Å²) in [4.78, 5) is 43.2. The third-order valence-electron chi connectivity index (χ3n) is 4.64. The summed E-state index contributed by atoms with van der Waals surface area (Å²) in [6.07, 6.45) is 0.0983. The first-order valence-electron chi connectivity index (χ1n) is 9.57. The van der Waals surface area contributed by atoms with E-state index in [-0.39, 0.29) is 31.0 Å². The van der Waals surface area contributed by atoms with Gasteiger partial charge in [-0.15, -0.1) is 0 Å². The van der Waals surface area contributed by atoms with Crippen LogP contribution in [0.15, 0.2) is 35.1 Å². The van der Waals surface area contributed by atoms with Gasteiger partial charge in [0.2, 0.25) is 4.96 Å². The van der Waals surface area contributed by atoms with Crippen molar-refractivity contribution < 1.29 is 19.1 Å². The number of amides is 1. The molecule has 0 saturated heterocycles. The van der Waals surface area contributed by atoms with Crippen molar-refractivity contribution in [3.63, 3.8) is 0 Å². The number of esters is 1. The number of anilines is 1. The molecule has 0 saturated carbocycles. The number of para-hydroxylation sites is 2. The van der Waals surface area contributed by atoms with Crippen LogP contribution < -0.4 is 15.2 Å². The molecule has 3 heterocycles. The Kier molecular flexibility index (Phi) is 5.49. The van der Waals surface area contributed by atoms with E-state index in [1.54, 1.807) is 25.1 Å². The molecule has 0 bridgehead atoms. The highest BCUT2D eigenvalue weighted by Gasteiger charge is 2.31. The molecule has 0 fully saturated rings. The third kappa shape index (κ3) is 3.90. The second-order valence-corrected chi connectivity index (χ2v) is 7.80. The molecule has 1 atom stereocenters. The second kappa shape index (κ2) is 8.23. The summed E-state index contributed by atoms with van der Waals surface area (Å²) in [6.45, 7) is 3.68. The van der Waals surface area contributed by atoms with Gasteiger partial charge in [0.15, 0.2) is 6.10 Å². The van der Waals surface area contributed by atoms with E-state index in [4.69, 9.17) is 9.47 Å². The van der Waals surface area contributed by atoms with E-state index in [0.29, 0.717) is 28.5 Å². The number of rotatable bonds is 6. The van der Waals surface area contributed by atoms with Gasteiger partial charge in [0.25, 0.3) is 11.5 Å². The number of aromatic nitrogens is 3. The summed E-state index contributed by atoms with van der Waals surface area (Å²) in [5.74, 6) is -0.0921. The SMILES string of the molecule is CCc1nn2c(=O)cc(COC(=O)CCN3C(=O)[C@H](C)Oc4ccccc43)nc2s1. The fourth-order valence-electron chi connectivity index (χ4n) is 3.13. The highest BCUT2D eigenvalue weighted by atomic mass is 32.1. The van der Waals surface area contributed by atoms with Crippen molar-refractivity contribution in [3.8, 4) is 5.75 Å². The maximum absolute atomic E-state index is 12.5. The van der Waals surface area contributed by atoms with Crippen LogP contribution in [0.4, 0.5) is 5.69 Å². The summed E-state index contributed by atoms with van der Waals surface area (Å²) in [5, 5.41) is 4.99. The first-order chi connectivity index (χ1) is 14.5. The van der Waals surface area contributed by atoms with Gasteiger partial charge in [-0.25, -0.2) is 4.98 Å². The summed E-state index contributed by atoms with van der Waals surface area (Å²) in [5.41, 5.74) is 0.679. The smallest absolute Gasteiger partial charge is 0.307 e. The molecule has 9 nitrogen and oxygen atoms in total. The second-order valence-electron chi connectivity index (χ2n) is 6.76. The molecule has 30 heavy (non-hydrogen) atoms. The van der Waals surface area contributed by atoms with Crippen molar-refractivity contribution in [2.24, 2.45) is 0 Å². The Labute approximate surface area is 175 Å². The van der Waals surface area contributed by atoms with Crippen LogP contribution in [-0.4, -0.2) is 39.1 Å². The molecule has 3 aromatic rings. The lowest BCUT2D eigenvalue weighted by Crippen LogP contribution is -2.45. The zero-order valence-electron chi connectivity index (χ0n) is 16.5. The molecule has 156 valence electrons. The monoisotopic (exact) mass is 428 g/mol. The number of nitrogens with zero attached hydrogens (tertiary/aromatic N) is 4. The van der Waals surface area contributed by atoms with Crippen LogP contribution in [-0.2, 0) is 27.4 Å².